The summed E-state index contributed by atoms with van der Waals surface area (Å²) in [6.45, 7) is 2.20. The minimum atomic E-state index is 0.221. The van der Waals surface area contributed by atoms with Crippen molar-refractivity contribution in [2.24, 2.45) is 0 Å². The predicted octanol–water partition coefficient (Wildman–Crippen LogP) is 2.46. The third-order valence-electron chi connectivity index (χ3n) is 2.47. The molecule has 2 fully saturated rings. The van der Waals surface area contributed by atoms with Gasteiger partial charge in [0.05, 0.1) is 11.7 Å². The van der Waals surface area contributed by atoms with Gasteiger partial charge in [0, 0.05) is 9.65 Å². The van der Waals surface area contributed by atoms with Crippen LogP contribution in [0.15, 0.2) is 0 Å². The number of alkyl halides is 2. The molecule has 1 saturated heterocycles. The second-order valence-electron chi connectivity index (χ2n) is 3.39. The molecule has 0 amide bonds. The molecular formula is C7H10Br2O. The Hall–Kier alpha value is 0.920. The van der Waals surface area contributed by atoms with Crippen molar-refractivity contribution in [2.45, 2.75) is 41.1 Å². The summed E-state index contributed by atoms with van der Waals surface area (Å²) in [6.07, 6.45) is 2.84. The second kappa shape index (κ2) is 2.20. The SMILES string of the molecule is C[C@]12C[C@H](Br)[C@H](Br)C[C@H]1O2. The van der Waals surface area contributed by atoms with Gasteiger partial charge in [0.25, 0.3) is 0 Å². The summed E-state index contributed by atoms with van der Waals surface area (Å²) < 4.78 is 5.55. The van der Waals surface area contributed by atoms with E-state index < -0.39 is 0 Å². The average Bonchev–Trinajstić information content (AvgIpc) is 2.41. The Morgan fingerprint density at radius 3 is 2.70 bits per heavy atom. The Balaban J connectivity index is 2.05. The third kappa shape index (κ3) is 1.07. The zero-order valence-corrected chi connectivity index (χ0v) is 8.98. The first-order chi connectivity index (χ1) is 4.62. The minimum absolute atomic E-state index is 0.221. The summed E-state index contributed by atoms with van der Waals surface area (Å²) >= 11 is 7.25. The molecule has 0 spiro atoms. The Labute approximate surface area is 77.8 Å². The van der Waals surface area contributed by atoms with Gasteiger partial charge in [0.2, 0.25) is 0 Å². The van der Waals surface area contributed by atoms with E-state index in [1.165, 1.54) is 0 Å². The third-order valence-corrected chi connectivity index (χ3v) is 5.15. The smallest absolute Gasteiger partial charge is 0.0931 e. The zero-order chi connectivity index (χ0) is 7.35. The molecule has 10 heavy (non-hydrogen) atoms. The number of halogens is 2. The summed E-state index contributed by atoms with van der Waals surface area (Å²) in [7, 11) is 0. The van der Waals surface area contributed by atoms with Crippen molar-refractivity contribution < 1.29 is 4.74 Å². The maximum atomic E-state index is 5.55. The lowest BCUT2D eigenvalue weighted by atomic mass is 9.91. The predicted molar refractivity (Wildman–Crippen MR) is 47.9 cm³/mol. The lowest BCUT2D eigenvalue weighted by Gasteiger charge is -2.22. The van der Waals surface area contributed by atoms with E-state index in [0.29, 0.717) is 15.8 Å². The first kappa shape index (κ1) is 7.56. The van der Waals surface area contributed by atoms with Crippen molar-refractivity contribution >= 4 is 31.9 Å². The normalized spacial score (nSPS) is 59.7. The molecule has 1 saturated carbocycles. The highest BCUT2D eigenvalue weighted by Crippen LogP contribution is 2.50. The van der Waals surface area contributed by atoms with Crippen LogP contribution in [-0.4, -0.2) is 21.4 Å². The fourth-order valence-electron chi connectivity index (χ4n) is 1.64. The zero-order valence-electron chi connectivity index (χ0n) is 5.81. The molecule has 3 heteroatoms. The number of ether oxygens (including phenoxy) is 1. The molecule has 0 aromatic rings. The van der Waals surface area contributed by atoms with Gasteiger partial charge in [-0.25, -0.2) is 0 Å². The van der Waals surface area contributed by atoms with Crippen LogP contribution in [0.4, 0.5) is 0 Å². The first-order valence-electron chi connectivity index (χ1n) is 3.58. The van der Waals surface area contributed by atoms with Crippen LogP contribution in [0.5, 0.6) is 0 Å². The highest BCUT2D eigenvalue weighted by molar-refractivity contribution is 9.12. The first-order valence-corrected chi connectivity index (χ1v) is 5.41. The molecular weight excluding hydrogens is 260 g/mol. The lowest BCUT2D eigenvalue weighted by molar-refractivity contribution is 0.306. The minimum Gasteiger partial charge on any atom is -0.366 e. The van der Waals surface area contributed by atoms with E-state index in [1.54, 1.807) is 0 Å². The molecule has 1 aliphatic carbocycles. The van der Waals surface area contributed by atoms with Crippen LogP contribution >= 0.6 is 31.9 Å². The topological polar surface area (TPSA) is 12.5 Å². The van der Waals surface area contributed by atoms with Crippen molar-refractivity contribution in [1.29, 1.82) is 0 Å². The molecule has 0 radical (unpaired) electrons. The van der Waals surface area contributed by atoms with E-state index in [2.05, 4.69) is 38.8 Å². The molecule has 0 N–H and O–H groups in total. The van der Waals surface area contributed by atoms with Crippen LogP contribution in [0.1, 0.15) is 19.8 Å². The Kier molecular flexibility index (Phi) is 1.67. The Bertz CT molecular complexity index is 162. The molecule has 0 aromatic heterocycles. The molecule has 58 valence electrons. The number of hydrogen-bond acceptors (Lipinski definition) is 1. The fraction of sp³-hybridized carbons (Fsp3) is 1.00. The Morgan fingerprint density at radius 1 is 1.40 bits per heavy atom. The fourth-order valence-corrected chi connectivity index (χ4v) is 3.02. The largest absolute Gasteiger partial charge is 0.366 e. The quantitative estimate of drug-likeness (QED) is 0.486. The maximum absolute atomic E-state index is 5.55. The molecule has 1 nitrogen and oxygen atoms in total. The van der Waals surface area contributed by atoms with Crippen molar-refractivity contribution in [1.82, 2.24) is 0 Å². The summed E-state index contributed by atoms with van der Waals surface area (Å²) in [5.74, 6) is 0. The van der Waals surface area contributed by atoms with E-state index in [4.69, 9.17) is 4.74 Å². The molecule has 4 atom stereocenters. The second-order valence-corrected chi connectivity index (χ2v) is 5.74. The van der Waals surface area contributed by atoms with Gasteiger partial charge in [0.15, 0.2) is 0 Å². The lowest BCUT2D eigenvalue weighted by Crippen LogP contribution is -2.30. The monoisotopic (exact) mass is 268 g/mol. The van der Waals surface area contributed by atoms with Crippen LogP contribution in [-0.2, 0) is 4.74 Å². The molecule has 1 heterocycles. The van der Waals surface area contributed by atoms with Gasteiger partial charge in [-0.1, -0.05) is 31.9 Å². The van der Waals surface area contributed by atoms with Crippen molar-refractivity contribution in [3.63, 3.8) is 0 Å². The van der Waals surface area contributed by atoms with Crippen molar-refractivity contribution in [3.8, 4) is 0 Å². The molecule has 1 aliphatic heterocycles. The average molecular weight is 270 g/mol. The van der Waals surface area contributed by atoms with Gasteiger partial charge in [-0.2, -0.15) is 0 Å². The Morgan fingerprint density at radius 2 is 2.10 bits per heavy atom. The highest BCUT2D eigenvalue weighted by atomic mass is 79.9. The van der Waals surface area contributed by atoms with Gasteiger partial charge < -0.3 is 4.74 Å². The van der Waals surface area contributed by atoms with E-state index in [9.17, 15) is 0 Å². The number of rotatable bonds is 0. The summed E-state index contributed by atoms with van der Waals surface area (Å²) in [4.78, 5) is 1.20. The van der Waals surface area contributed by atoms with Gasteiger partial charge in [-0.3, -0.25) is 0 Å². The van der Waals surface area contributed by atoms with Gasteiger partial charge >= 0.3 is 0 Å². The van der Waals surface area contributed by atoms with Gasteiger partial charge in [-0.15, -0.1) is 0 Å². The molecule has 0 unspecified atom stereocenters. The molecule has 2 rings (SSSR count). The number of fused-ring (bicyclic) bond motifs is 1. The van der Waals surface area contributed by atoms with Crippen LogP contribution in [0, 0.1) is 0 Å². The number of hydrogen-bond donors (Lipinski definition) is 0. The standard InChI is InChI=1S/C7H10Br2O/c1-7-3-5(9)4(8)2-6(7)10-7/h4-6H,2-3H2,1H3/t4-,5+,6-,7+/m1/s1. The van der Waals surface area contributed by atoms with E-state index in [-0.39, 0.29) is 5.60 Å². The molecule has 2 aliphatic rings. The van der Waals surface area contributed by atoms with E-state index in [1.807, 2.05) is 0 Å². The highest BCUT2D eigenvalue weighted by Gasteiger charge is 2.57. The summed E-state index contributed by atoms with van der Waals surface area (Å²) in [5, 5.41) is 0. The summed E-state index contributed by atoms with van der Waals surface area (Å²) in [5.41, 5.74) is 0.221. The number of epoxide rings is 1. The van der Waals surface area contributed by atoms with Crippen LogP contribution in [0.3, 0.4) is 0 Å². The van der Waals surface area contributed by atoms with Crippen molar-refractivity contribution in [3.05, 3.63) is 0 Å². The summed E-state index contributed by atoms with van der Waals surface area (Å²) in [6, 6.07) is 0. The van der Waals surface area contributed by atoms with Crippen LogP contribution in [0.25, 0.3) is 0 Å². The van der Waals surface area contributed by atoms with Crippen molar-refractivity contribution in [2.75, 3.05) is 0 Å². The van der Waals surface area contributed by atoms with Gasteiger partial charge in [-0.05, 0) is 19.8 Å². The molecule has 0 aromatic carbocycles. The van der Waals surface area contributed by atoms with E-state index >= 15 is 0 Å². The van der Waals surface area contributed by atoms with Crippen LogP contribution < -0.4 is 0 Å². The van der Waals surface area contributed by atoms with Gasteiger partial charge in [0.1, 0.15) is 0 Å². The maximum Gasteiger partial charge on any atom is 0.0931 e. The molecule has 0 bridgehead atoms. The van der Waals surface area contributed by atoms with E-state index in [0.717, 1.165) is 12.8 Å². The van der Waals surface area contributed by atoms with Crippen LogP contribution in [0.2, 0.25) is 0 Å².